The van der Waals surface area contributed by atoms with E-state index in [1.807, 2.05) is 30.3 Å². The monoisotopic (exact) mass is 603 g/mol. The molecule has 3 aromatic rings. The van der Waals surface area contributed by atoms with Gasteiger partial charge in [-0.1, -0.05) is 67.4 Å². The Hall–Kier alpha value is -3.62. The van der Waals surface area contributed by atoms with Crippen LogP contribution in [0.4, 0.5) is 4.79 Å². The van der Waals surface area contributed by atoms with Crippen LogP contribution in [0.15, 0.2) is 60.7 Å². The van der Waals surface area contributed by atoms with E-state index in [0.29, 0.717) is 40.3 Å². The standard InChI is InChI=1S/C31H35Cl2NO7/c1-4-23(5-2)40-28-18-24(12-13-27(28)39-20-21-10-8-7-9-11-21)41-30-25(32)16-22(17-26(30)33)14-15-38-31(36)34-19-29(35)37-6-3/h7-13,16-18,23H,4-6,14-15,19-20H2,1-3H3,(H,34,36). The number of halogens is 2. The van der Waals surface area contributed by atoms with Crippen LogP contribution in [-0.2, 0) is 27.3 Å². The highest BCUT2D eigenvalue weighted by molar-refractivity contribution is 6.37. The van der Waals surface area contributed by atoms with Gasteiger partial charge in [0.15, 0.2) is 17.2 Å². The molecular formula is C31H35Cl2NO7. The molecule has 0 unspecified atom stereocenters. The molecule has 41 heavy (non-hydrogen) atoms. The van der Waals surface area contributed by atoms with Crippen molar-refractivity contribution in [2.75, 3.05) is 19.8 Å². The number of amides is 1. The molecule has 0 aromatic heterocycles. The number of esters is 1. The third kappa shape index (κ3) is 10.4. The molecule has 10 heteroatoms. The van der Waals surface area contributed by atoms with E-state index in [-0.39, 0.29) is 31.6 Å². The van der Waals surface area contributed by atoms with E-state index in [0.717, 1.165) is 24.0 Å². The molecule has 0 saturated carbocycles. The van der Waals surface area contributed by atoms with Gasteiger partial charge in [-0.15, -0.1) is 0 Å². The molecule has 0 spiro atoms. The molecular weight excluding hydrogens is 569 g/mol. The molecule has 220 valence electrons. The third-order valence-corrected chi connectivity index (χ3v) is 6.50. The summed E-state index contributed by atoms with van der Waals surface area (Å²) in [5.74, 6) is 1.40. The molecule has 0 aliphatic rings. The van der Waals surface area contributed by atoms with Gasteiger partial charge in [-0.2, -0.15) is 0 Å². The average Bonchev–Trinajstić information content (AvgIpc) is 2.97. The average molecular weight is 605 g/mol. The molecule has 0 saturated heterocycles. The van der Waals surface area contributed by atoms with Crippen molar-refractivity contribution in [3.63, 3.8) is 0 Å². The summed E-state index contributed by atoms with van der Waals surface area (Å²) in [5.41, 5.74) is 1.79. The van der Waals surface area contributed by atoms with Crippen LogP contribution < -0.4 is 19.5 Å². The second-order valence-corrected chi connectivity index (χ2v) is 9.79. The lowest BCUT2D eigenvalue weighted by molar-refractivity contribution is -0.141. The minimum Gasteiger partial charge on any atom is -0.486 e. The maximum absolute atomic E-state index is 11.8. The summed E-state index contributed by atoms with van der Waals surface area (Å²) in [4.78, 5) is 23.1. The molecule has 8 nitrogen and oxygen atoms in total. The van der Waals surface area contributed by atoms with Gasteiger partial charge in [-0.3, -0.25) is 4.79 Å². The SMILES string of the molecule is CCOC(=O)CNC(=O)OCCc1cc(Cl)c(Oc2ccc(OCc3ccccc3)c(OC(CC)CC)c2)c(Cl)c1. The summed E-state index contributed by atoms with van der Waals surface area (Å²) in [5, 5.41) is 2.92. The van der Waals surface area contributed by atoms with Crippen molar-refractivity contribution in [2.24, 2.45) is 0 Å². The molecule has 0 radical (unpaired) electrons. The largest absolute Gasteiger partial charge is 0.486 e. The number of hydrogen-bond acceptors (Lipinski definition) is 7. The zero-order chi connectivity index (χ0) is 29.6. The van der Waals surface area contributed by atoms with Gasteiger partial charge >= 0.3 is 12.1 Å². The van der Waals surface area contributed by atoms with Crippen molar-refractivity contribution in [1.29, 1.82) is 0 Å². The Morgan fingerprint density at radius 3 is 2.22 bits per heavy atom. The van der Waals surface area contributed by atoms with Crippen molar-refractivity contribution >= 4 is 35.3 Å². The second-order valence-electron chi connectivity index (χ2n) is 8.97. The molecule has 0 fully saturated rings. The highest BCUT2D eigenvalue weighted by Gasteiger charge is 2.16. The van der Waals surface area contributed by atoms with Gasteiger partial charge in [0.05, 0.1) is 29.4 Å². The summed E-state index contributed by atoms with van der Waals surface area (Å²) >= 11 is 13.0. The van der Waals surface area contributed by atoms with Gasteiger partial charge in [-0.25, -0.2) is 4.79 Å². The first-order chi connectivity index (χ1) is 19.8. The minimum atomic E-state index is -0.724. The zero-order valence-corrected chi connectivity index (χ0v) is 24.9. The van der Waals surface area contributed by atoms with Gasteiger partial charge in [0.25, 0.3) is 0 Å². The Kier molecular flexibility index (Phi) is 12.9. The number of benzene rings is 3. The number of hydrogen-bond donors (Lipinski definition) is 1. The Labute approximate surface area is 250 Å². The topological polar surface area (TPSA) is 92.3 Å². The Morgan fingerprint density at radius 1 is 0.854 bits per heavy atom. The molecule has 0 atom stereocenters. The summed E-state index contributed by atoms with van der Waals surface area (Å²) < 4.78 is 28.3. The number of alkyl carbamates (subject to hydrolysis) is 1. The molecule has 1 amide bonds. The lowest BCUT2D eigenvalue weighted by Crippen LogP contribution is -2.31. The lowest BCUT2D eigenvalue weighted by atomic mass is 10.1. The smallest absolute Gasteiger partial charge is 0.407 e. The Bertz CT molecular complexity index is 1260. The lowest BCUT2D eigenvalue weighted by Gasteiger charge is -2.20. The second kappa shape index (κ2) is 16.6. The van der Waals surface area contributed by atoms with E-state index in [1.165, 1.54) is 0 Å². The van der Waals surface area contributed by atoms with E-state index in [4.69, 9.17) is 46.9 Å². The van der Waals surface area contributed by atoms with Crippen molar-refractivity contribution in [3.8, 4) is 23.0 Å². The van der Waals surface area contributed by atoms with Crippen LogP contribution in [0.3, 0.4) is 0 Å². The van der Waals surface area contributed by atoms with Crippen LogP contribution in [0.25, 0.3) is 0 Å². The highest BCUT2D eigenvalue weighted by Crippen LogP contribution is 2.40. The van der Waals surface area contributed by atoms with E-state index < -0.39 is 12.1 Å². The van der Waals surface area contributed by atoms with E-state index in [2.05, 4.69) is 19.2 Å². The predicted molar refractivity (Wildman–Crippen MR) is 158 cm³/mol. The summed E-state index contributed by atoms with van der Waals surface area (Å²) in [6, 6.07) is 18.6. The normalized spacial score (nSPS) is 10.7. The molecule has 1 N–H and O–H groups in total. The van der Waals surface area contributed by atoms with Crippen LogP contribution in [-0.4, -0.2) is 37.9 Å². The van der Waals surface area contributed by atoms with Crippen LogP contribution >= 0.6 is 23.2 Å². The molecule has 0 bridgehead atoms. The fourth-order valence-electron chi connectivity index (χ4n) is 3.77. The summed E-state index contributed by atoms with van der Waals surface area (Å²) in [7, 11) is 0. The number of carbonyl (C=O) groups excluding carboxylic acids is 2. The van der Waals surface area contributed by atoms with E-state index in [1.54, 1.807) is 37.3 Å². The zero-order valence-electron chi connectivity index (χ0n) is 23.4. The van der Waals surface area contributed by atoms with Crippen molar-refractivity contribution in [3.05, 3.63) is 81.8 Å². The fourth-order valence-corrected chi connectivity index (χ4v) is 4.38. The van der Waals surface area contributed by atoms with Gasteiger partial charge < -0.3 is 29.0 Å². The third-order valence-electron chi connectivity index (χ3n) is 5.94. The molecule has 0 heterocycles. The molecule has 3 aromatic carbocycles. The van der Waals surface area contributed by atoms with Crippen LogP contribution in [0.5, 0.6) is 23.0 Å². The van der Waals surface area contributed by atoms with E-state index in [9.17, 15) is 9.59 Å². The summed E-state index contributed by atoms with van der Waals surface area (Å²) in [6.45, 7) is 6.25. The first-order valence-electron chi connectivity index (χ1n) is 13.5. The Balaban J connectivity index is 1.66. The molecule has 0 aliphatic carbocycles. The molecule has 3 rings (SSSR count). The van der Waals surface area contributed by atoms with E-state index >= 15 is 0 Å². The first-order valence-corrected chi connectivity index (χ1v) is 14.3. The fraction of sp³-hybridized carbons (Fsp3) is 0.355. The van der Waals surface area contributed by atoms with Gasteiger partial charge in [0.1, 0.15) is 18.9 Å². The van der Waals surface area contributed by atoms with Crippen LogP contribution in [0.1, 0.15) is 44.7 Å². The van der Waals surface area contributed by atoms with Crippen LogP contribution in [0.2, 0.25) is 10.0 Å². The first kappa shape index (κ1) is 31.9. The maximum Gasteiger partial charge on any atom is 0.407 e. The van der Waals surface area contributed by atoms with Crippen molar-refractivity contribution in [1.82, 2.24) is 5.32 Å². The number of nitrogens with one attached hydrogen (secondary N) is 1. The van der Waals surface area contributed by atoms with Gasteiger partial charge in [0, 0.05) is 12.5 Å². The summed E-state index contributed by atoms with van der Waals surface area (Å²) in [6.07, 6.45) is 1.33. The molecule has 0 aliphatic heterocycles. The van der Waals surface area contributed by atoms with Crippen molar-refractivity contribution < 1.29 is 33.3 Å². The maximum atomic E-state index is 11.8. The minimum absolute atomic E-state index is 0.0187. The predicted octanol–water partition coefficient (Wildman–Crippen LogP) is 7.76. The van der Waals surface area contributed by atoms with Crippen LogP contribution in [0, 0.1) is 0 Å². The van der Waals surface area contributed by atoms with Gasteiger partial charge in [0.2, 0.25) is 0 Å². The number of carbonyl (C=O) groups is 2. The van der Waals surface area contributed by atoms with Crippen molar-refractivity contribution in [2.45, 2.75) is 52.7 Å². The van der Waals surface area contributed by atoms with Gasteiger partial charge in [-0.05, 0) is 55.2 Å². The highest BCUT2D eigenvalue weighted by atomic mass is 35.5. The quantitative estimate of drug-likeness (QED) is 0.177. The Morgan fingerprint density at radius 2 is 1.56 bits per heavy atom. The number of ether oxygens (including phenoxy) is 5. The number of rotatable bonds is 15.